The van der Waals surface area contributed by atoms with E-state index in [1.165, 1.54) is 24.9 Å². The van der Waals surface area contributed by atoms with E-state index in [-0.39, 0.29) is 5.54 Å². The topological polar surface area (TPSA) is 38.5 Å². The minimum atomic E-state index is 0.204. The zero-order valence-corrected chi connectivity index (χ0v) is 11.9. The van der Waals surface area contributed by atoms with Crippen LogP contribution in [-0.2, 0) is 0 Å². The summed E-state index contributed by atoms with van der Waals surface area (Å²) in [6, 6.07) is 6.66. The summed E-state index contributed by atoms with van der Waals surface area (Å²) in [6.45, 7) is 8.00. The van der Waals surface area contributed by atoms with Crippen molar-refractivity contribution in [3.8, 4) is 5.75 Å². The second-order valence-electron chi connectivity index (χ2n) is 6.02. The summed E-state index contributed by atoms with van der Waals surface area (Å²) in [6.07, 6.45) is 2.47. The molecular weight excluding hydrogens is 224 g/mol. The highest BCUT2D eigenvalue weighted by molar-refractivity contribution is 5.54. The number of nitrogens with zero attached hydrogens (tertiary/aromatic N) is 1. The molecule has 1 aliphatic rings. The fourth-order valence-corrected chi connectivity index (χ4v) is 2.85. The van der Waals surface area contributed by atoms with Gasteiger partial charge in [0.05, 0.1) is 12.8 Å². The Morgan fingerprint density at radius 3 is 2.67 bits per heavy atom. The van der Waals surface area contributed by atoms with Crippen molar-refractivity contribution in [1.82, 2.24) is 4.90 Å². The van der Waals surface area contributed by atoms with E-state index < -0.39 is 0 Å². The lowest BCUT2D eigenvalue weighted by molar-refractivity contribution is 0.121. The number of hydrogen-bond acceptors (Lipinski definition) is 3. The number of likely N-dealkylation sites (tertiary alicyclic amines) is 1. The highest BCUT2D eigenvalue weighted by atomic mass is 16.5. The maximum absolute atomic E-state index is 5.88. The van der Waals surface area contributed by atoms with Crippen LogP contribution in [0.4, 0.5) is 5.69 Å². The van der Waals surface area contributed by atoms with Gasteiger partial charge in [0.1, 0.15) is 5.75 Å². The molecule has 1 fully saturated rings. The Labute approximate surface area is 110 Å². The number of hydrogen-bond donors (Lipinski definition) is 1. The van der Waals surface area contributed by atoms with Gasteiger partial charge in [-0.05, 0) is 57.9 Å². The average Bonchev–Trinajstić information content (AvgIpc) is 2.78. The maximum Gasteiger partial charge on any atom is 0.142 e. The normalized spacial score (nSPS) is 21.2. The Hall–Kier alpha value is -1.22. The molecule has 1 atom stereocenters. The van der Waals surface area contributed by atoms with E-state index in [9.17, 15) is 0 Å². The zero-order valence-electron chi connectivity index (χ0n) is 11.9. The van der Waals surface area contributed by atoms with Gasteiger partial charge < -0.3 is 10.5 Å². The predicted octanol–water partition coefficient (Wildman–Crippen LogP) is 3.21. The van der Waals surface area contributed by atoms with Gasteiger partial charge >= 0.3 is 0 Å². The SMILES string of the molecule is COc1cc(C2CCCN2C(C)(C)C)ccc1N. The van der Waals surface area contributed by atoms with E-state index in [0.717, 1.165) is 5.75 Å². The largest absolute Gasteiger partial charge is 0.495 e. The van der Waals surface area contributed by atoms with E-state index >= 15 is 0 Å². The van der Waals surface area contributed by atoms with E-state index in [2.05, 4.69) is 37.8 Å². The molecule has 1 saturated heterocycles. The molecule has 18 heavy (non-hydrogen) atoms. The van der Waals surface area contributed by atoms with Crippen molar-refractivity contribution in [2.45, 2.75) is 45.2 Å². The molecule has 1 aromatic rings. The number of ether oxygens (including phenoxy) is 1. The van der Waals surface area contributed by atoms with Crippen LogP contribution >= 0.6 is 0 Å². The molecule has 0 aromatic heterocycles. The van der Waals surface area contributed by atoms with Crippen molar-refractivity contribution in [3.05, 3.63) is 23.8 Å². The summed E-state index contributed by atoms with van der Waals surface area (Å²) in [5.74, 6) is 0.785. The van der Waals surface area contributed by atoms with Crippen LogP contribution in [0.3, 0.4) is 0 Å². The summed E-state index contributed by atoms with van der Waals surface area (Å²) < 4.78 is 5.32. The second kappa shape index (κ2) is 4.81. The van der Waals surface area contributed by atoms with Crippen molar-refractivity contribution in [3.63, 3.8) is 0 Å². The summed E-state index contributed by atoms with van der Waals surface area (Å²) in [7, 11) is 1.67. The molecule has 0 amide bonds. The molecule has 1 unspecified atom stereocenters. The third-order valence-corrected chi connectivity index (χ3v) is 3.76. The minimum Gasteiger partial charge on any atom is -0.495 e. The number of rotatable bonds is 2. The number of nitrogens with two attached hydrogens (primary N) is 1. The van der Waals surface area contributed by atoms with Crippen LogP contribution in [0, 0.1) is 0 Å². The van der Waals surface area contributed by atoms with Crippen LogP contribution in [0.5, 0.6) is 5.75 Å². The van der Waals surface area contributed by atoms with Gasteiger partial charge in [-0.15, -0.1) is 0 Å². The molecule has 100 valence electrons. The predicted molar refractivity (Wildman–Crippen MR) is 75.8 cm³/mol. The first-order valence-corrected chi connectivity index (χ1v) is 6.63. The summed E-state index contributed by atoms with van der Waals surface area (Å²) >= 11 is 0. The van der Waals surface area contributed by atoms with Crippen molar-refractivity contribution in [2.75, 3.05) is 19.4 Å². The molecule has 0 bridgehead atoms. The van der Waals surface area contributed by atoms with E-state index in [0.29, 0.717) is 11.7 Å². The zero-order chi connectivity index (χ0) is 13.3. The van der Waals surface area contributed by atoms with E-state index in [1.807, 2.05) is 6.07 Å². The summed E-state index contributed by atoms with van der Waals surface area (Å²) in [4.78, 5) is 2.57. The Kier molecular flexibility index (Phi) is 3.53. The molecule has 1 aromatic carbocycles. The molecule has 0 aliphatic carbocycles. The fraction of sp³-hybridized carbons (Fsp3) is 0.600. The highest BCUT2D eigenvalue weighted by Crippen LogP contribution is 2.39. The van der Waals surface area contributed by atoms with Gasteiger partial charge in [-0.25, -0.2) is 0 Å². The van der Waals surface area contributed by atoms with Gasteiger partial charge in [0.2, 0.25) is 0 Å². The van der Waals surface area contributed by atoms with Gasteiger partial charge in [-0.2, -0.15) is 0 Å². The number of nitrogen functional groups attached to an aromatic ring is 1. The van der Waals surface area contributed by atoms with Crippen LogP contribution in [0.1, 0.15) is 45.2 Å². The van der Waals surface area contributed by atoms with Crippen LogP contribution in [0.15, 0.2) is 18.2 Å². The first-order chi connectivity index (χ1) is 8.43. The monoisotopic (exact) mass is 248 g/mol. The fourth-order valence-electron chi connectivity index (χ4n) is 2.85. The first-order valence-electron chi connectivity index (χ1n) is 6.63. The lowest BCUT2D eigenvalue weighted by Gasteiger charge is -2.37. The summed E-state index contributed by atoms with van der Waals surface area (Å²) in [5, 5.41) is 0. The molecule has 0 radical (unpaired) electrons. The standard InChI is InChI=1S/C15H24N2O/c1-15(2,3)17-9-5-6-13(17)11-7-8-12(16)14(10-11)18-4/h7-8,10,13H,5-6,9,16H2,1-4H3. The molecule has 3 heteroatoms. The molecular formula is C15H24N2O. The maximum atomic E-state index is 5.88. The third kappa shape index (κ3) is 2.46. The van der Waals surface area contributed by atoms with Crippen LogP contribution in [0.2, 0.25) is 0 Å². The molecule has 2 rings (SSSR count). The van der Waals surface area contributed by atoms with Crippen LogP contribution < -0.4 is 10.5 Å². The Morgan fingerprint density at radius 1 is 1.33 bits per heavy atom. The van der Waals surface area contributed by atoms with E-state index in [4.69, 9.17) is 10.5 Å². The van der Waals surface area contributed by atoms with E-state index in [1.54, 1.807) is 7.11 Å². The van der Waals surface area contributed by atoms with Gasteiger partial charge in [-0.3, -0.25) is 4.90 Å². The van der Waals surface area contributed by atoms with Crippen molar-refractivity contribution in [1.29, 1.82) is 0 Å². The Morgan fingerprint density at radius 2 is 2.06 bits per heavy atom. The van der Waals surface area contributed by atoms with Gasteiger partial charge in [-0.1, -0.05) is 6.07 Å². The lowest BCUT2D eigenvalue weighted by atomic mass is 9.99. The third-order valence-electron chi connectivity index (χ3n) is 3.76. The first kappa shape index (κ1) is 13.2. The van der Waals surface area contributed by atoms with Crippen molar-refractivity contribution in [2.24, 2.45) is 0 Å². The smallest absolute Gasteiger partial charge is 0.142 e. The molecule has 3 nitrogen and oxygen atoms in total. The van der Waals surface area contributed by atoms with Crippen LogP contribution in [0.25, 0.3) is 0 Å². The van der Waals surface area contributed by atoms with Crippen molar-refractivity contribution < 1.29 is 4.74 Å². The van der Waals surface area contributed by atoms with Gasteiger partial charge in [0, 0.05) is 11.6 Å². The second-order valence-corrected chi connectivity index (χ2v) is 6.02. The quantitative estimate of drug-likeness (QED) is 0.817. The molecule has 2 N–H and O–H groups in total. The highest BCUT2D eigenvalue weighted by Gasteiger charge is 2.33. The molecule has 0 saturated carbocycles. The number of methoxy groups -OCH3 is 1. The molecule has 1 heterocycles. The van der Waals surface area contributed by atoms with Crippen molar-refractivity contribution >= 4 is 5.69 Å². The lowest BCUT2D eigenvalue weighted by Crippen LogP contribution is -2.40. The number of anilines is 1. The molecule has 0 spiro atoms. The van der Waals surface area contributed by atoms with Gasteiger partial charge in [0.15, 0.2) is 0 Å². The van der Waals surface area contributed by atoms with Gasteiger partial charge in [0.25, 0.3) is 0 Å². The Bertz CT molecular complexity index is 423. The molecule has 1 aliphatic heterocycles. The van der Waals surface area contributed by atoms with Crippen LogP contribution in [-0.4, -0.2) is 24.1 Å². The number of benzene rings is 1. The Balaban J connectivity index is 2.30. The summed E-state index contributed by atoms with van der Waals surface area (Å²) in [5.41, 5.74) is 8.11. The minimum absolute atomic E-state index is 0.204. The average molecular weight is 248 g/mol.